The summed E-state index contributed by atoms with van der Waals surface area (Å²) in [4.78, 5) is 24.4. The first-order valence-corrected chi connectivity index (χ1v) is 9.57. The van der Waals surface area contributed by atoms with Crippen molar-refractivity contribution in [1.82, 2.24) is 14.5 Å². The fourth-order valence-corrected chi connectivity index (χ4v) is 3.66. The fraction of sp³-hybridized carbons (Fsp3) is 0.381. The molecule has 5 nitrogen and oxygen atoms in total. The summed E-state index contributed by atoms with van der Waals surface area (Å²) in [5.74, 6) is -0.639. The molecule has 0 unspecified atom stereocenters. The van der Waals surface area contributed by atoms with Gasteiger partial charge in [-0.05, 0) is 55.7 Å². The van der Waals surface area contributed by atoms with Crippen molar-refractivity contribution in [2.75, 3.05) is 0 Å². The number of aryl methyl sites for hydroxylation is 1. The Labute approximate surface area is 161 Å². The van der Waals surface area contributed by atoms with Crippen molar-refractivity contribution in [1.29, 1.82) is 0 Å². The smallest absolute Gasteiger partial charge is 0.295 e. The van der Waals surface area contributed by atoms with Gasteiger partial charge in [-0.25, -0.2) is 13.8 Å². The molecule has 0 saturated heterocycles. The molecular formula is C21H22F2N4O. The number of carbonyl (C=O) groups is 1. The number of imidazole rings is 1. The molecule has 1 N–H and O–H groups in total. The van der Waals surface area contributed by atoms with Gasteiger partial charge in [0.25, 0.3) is 12.3 Å². The minimum atomic E-state index is -2.68. The van der Waals surface area contributed by atoms with Gasteiger partial charge in [-0.1, -0.05) is 19.3 Å². The Balaban J connectivity index is 1.73. The number of benzene rings is 1. The van der Waals surface area contributed by atoms with E-state index in [4.69, 9.17) is 4.99 Å². The number of nitrogens with one attached hydrogen (secondary N) is 1. The number of hydrogen-bond donors (Lipinski definition) is 1. The number of carbonyl (C=O) groups excluding carboxylic acids is 1. The number of nitrogens with zero attached hydrogens (tertiary/aromatic N) is 3. The van der Waals surface area contributed by atoms with Crippen molar-refractivity contribution in [2.24, 2.45) is 4.99 Å². The number of H-pyrrole nitrogens is 1. The third kappa shape index (κ3) is 3.74. The van der Waals surface area contributed by atoms with Gasteiger partial charge in [-0.15, -0.1) is 0 Å². The van der Waals surface area contributed by atoms with E-state index in [-0.39, 0.29) is 11.9 Å². The summed E-state index contributed by atoms with van der Waals surface area (Å²) in [6.07, 6.45) is 4.69. The Morgan fingerprint density at radius 2 is 2.00 bits per heavy atom. The topological polar surface area (TPSA) is 63.0 Å². The zero-order valence-corrected chi connectivity index (χ0v) is 15.7. The minimum Gasteiger partial charge on any atom is -0.337 e. The summed E-state index contributed by atoms with van der Waals surface area (Å²) in [5.41, 5.74) is 2.89. The normalized spacial score (nSPS) is 16.2. The van der Waals surface area contributed by atoms with E-state index in [0.29, 0.717) is 22.1 Å². The van der Waals surface area contributed by atoms with Crippen LogP contribution in [0.1, 0.15) is 60.3 Å². The predicted octanol–water partition coefficient (Wildman–Crippen LogP) is 4.53. The molecular weight excluding hydrogens is 362 g/mol. The molecule has 7 heteroatoms. The van der Waals surface area contributed by atoms with Gasteiger partial charge >= 0.3 is 0 Å². The second kappa shape index (κ2) is 7.66. The Morgan fingerprint density at radius 1 is 1.21 bits per heavy atom. The molecule has 0 amide bonds. The summed E-state index contributed by atoms with van der Waals surface area (Å²) in [7, 11) is 0. The minimum absolute atomic E-state index is 0.235. The van der Waals surface area contributed by atoms with Crippen molar-refractivity contribution in [3.8, 4) is 0 Å². The van der Waals surface area contributed by atoms with E-state index < -0.39 is 12.2 Å². The Kier molecular flexibility index (Phi) is 5.07. The van der Waals surface area contributed by atoms with E-state index >= 15 is 0 Å². The van der Waals surface area contributed by atoms with E-state index in [2.05, 4.69) is 9.97 Å². The van der Waals surface area contributed by atoms with Gasteiger partial charge < -0.3 is 4.98 Å². The highest BCUT2D eigenvalue weighted by molar-refractivity contribution is 5.98. The van der Waals surface area contributed by atoms with Crippen LogP contribution in [0.4, 0.5) is 8.78 Å². The molecule has 1 aliphatic carbocycles. The van der Waals surface area contributed by atoms with Crippen LogP contribution in [0.5, 0.6) is 0 Å². The molecule has 1 saturated carbocycles. The molecule has 0 radical (unpaired) electrons. The standard InChI is InChI=1S/C21H22F2N4O/c1-13-9-10-27(18(11-13)24-15-5-3-2-4-6-15)21(28)14-7-8-16-17(12-14)26-20(25-16)19(22)23/h7-12,15,19H,2-6H2,1H3,(H,25,26). The number of pyridine rings is 1. The summed E-state index contributed by atoms with van der Waals surface area (Å²) < 4.78 is 27.3. The molecule has 2 aromatic heterocycles. The van der Waals surface area contributed by atoms with E-state index in [0.717, 1.165) is 31.2 Å². The molecule has 0 aliphatic heterocycles. The molecule has 0 atom stereocenters. The Morgan fingerprint density at radius 3 is 2.75 bits per heavy atom. The maximum Gasteiger partial charge on any atom is 0.295 e. The zero-order chi connectivity index (χ0) is 19.7. The average Bonchev–Trinajstić information content (AvgIpc) is 3.12. The van der Waals surface area contributed by atoms with Crippen molar-refractivity contribution >= 4 is 16.9 Å². The van der Waals surface area contributed by atoms with Gasteiger partial charge in [0.2, 0.25) is 0 Å². The van der Waals surface area contributed by atoms with Gasteiger partial charge in [-0.2, -0.15) is 0 Å². The van der Waals surface area contributed by atoms with E-state index in [1.807, 2.05) is 19.1 Å². The summed E-state index contributed by atoms with van der Waals surface area (Å²) >= 11 is 0. The maximum atomic E-state index is 13.1. The number of aromatic amines is 1. The number of fused-ring (bicyclic) bond motifs is 1. The zero-order valence-electron chi connectivity index (χ0n) is 15.7. The highest BCUT2D eigenvalue weighted by Gasteiger charge is 2.16. The van der Waals surface area contributed by atoms with Gasteiger partial charge in [0.15, 0.2) is 5.82 Å². The van der Waals surface area contributed by atoms with Crippen LogP contribution >= 0.6 is 0 Å². The quantitative estimate of drug-likeness (QED) is 0.721. The summed E-state index contributed by atoms with van der Waals surface area (Å²) in [6, 6.07) is 8.76. The van der Waals surface area contributed by atoms with Crippen LogP contribution in [0.3, 0.4) is 0 Å². The maximum absolute atomic E-state index is 13.1. The number of alkyl halides is 2. The fourth-order valence-electron chi connectivity index (χ4n) is 3.66. The number of halogens is 2. The van der Waals surface area contributed by atoms with Crippen LogP contribution in [-0.4, -0.2) is 26.5 Å². The largest absolute Gasteiger partial charge is 0.337 e. The first-order valence-electron chi connectivity index (χ1n) is 9.57. The van der Waals surface area contributed by atoms with Crippen LogP contribution < -0.4 is 5.49 Å². The van der Waals surface area contributed by atoms with Crippen LogP contribution in [0, 0.1) is 6.92 Å². The molecule has 1 fully saturated rings. The van der Waals surface area contributed by atoms with Crippen molar-refractivity contribution in [3.05, 3.63) is 59.0 Å². The molecule has 3 aromatic rings. The molecule has 1 aliphatic rings. The van der Waals surface area contributed by atoms with Gasteiger partial charge in [-0.3, -0.25) is 14.4 Å². The van der Waals surface area contributed by atoms with E-state index in [9.17, 15) is 13.6 Å². The van der Waals surface area contributed by atoms with Crippen LogP contribution in [0.25, 0.3) is 11.0 Å². The van der Waals surface area contributed by atoms with Crippen molar-refractivity contribution < 1.29 is 13.6 Å². The second-order valence-corrected chi connectivity index (χ2v) is 7.31. The molecule has 28 heavy (non-hydrogen) atoms. The summed E-state index contributed by atoms with van der Waals surface area (Å²) in [6.45, 7) is 1.97. The first-order chi connectivity index (χ1) is 13.5. The van der Waals surface area contributed by atoms with Crippen molar-refractivity contribution in [3.63, 3.8) is 0 Å². The molecule has 2 heterocycles. The second-order valence-electron chi connectivity index (χ2n) is 7.31. The van der Waals surface area contributed by atoms with E-state index in [1.54, 1.807) is 24.4 Å². The van der Waals surface area contributed by atoms with Crippen molar-refractivity contribution in [2.45, 2.75) is 51.5 Å². The molecule has 146 valence electrons. The number of hydrogen-bond acceptors (Lipinski definition) is 3. The lowest BCUT2D eigenvalue weighted by Crippen LogP contribution is -2.29. The average molecular weight is 384 g/mol. The summed E-state index contributed by atoms with van der Waals surface area (Å²) in [5, 5.41) is 0. The third-order valence-corrected chi connectivity index (χ3v) is 5.15. The molecule has 0 spiro atoms. The predicted molar refractivity (Wildman–Crippen MR) is 102 cm³/mol. The Bertz CT molecular complexity index is 1080. The highest BCUT2D eigenvalue weighted by Crippen LogP contribution is 2.21. The van der Waals surface area contributed by atoms with Gasteiger partial charge in [0.05, 0.1) is 17.1 Å². The molecule has 4 rings (SSSR count). The monoisotopic (exact) mass is 384 g/mol. The SMILES string of the molecule is Cc1ccn(C(=O)c2ccc3nc(C(F)F)[nH]c3c2)c(=NC2CCCCC2)c1. The van der Waals surface area contributed by atoms with Gasteiger partial charge in [0.1, 0.15) is 5.49 Å². The van der Waals surface area contributed by atoms with Crippen LogP contribution in [0.15, 0.2) is 41.5 Å². The lowest BCUT2D eigenvalue weighted by atomic mass is 9.96. The van der Waals surface area contributed by atoms with Gasteiger partial charge in [0, 0.05) is 11.8 Å². The first kappa shape index (κ1) is 18.5. The van der Waals surface area contributed by atoms with Crippen LogP contribution in [-0.2, 0) is 0 Å². The third-order valence-electron chi connectivity index (χ3n) is 5.15. The van der Waals surface area contributed by atoms with Crippen LogP contribution in [0.2, 0.25) is 0 Å². The Hall–Kier alpha value is -2.83. The number of rotatable bonds is 3. The lowest BCUT2D eigenvalue weighted by Gasteiger charge is -2.18. The lowest BCUT2D eigenvalue weighted by molar-refractivity contribution is 0.0954. The number of aromatic nitrogens is 3. The highest BCUT2D eigenvalue weighted by atomic mass is 19.3. The molecule has 1 aromatic carbocycles. The van der Waals surface area contributed by atoms with E-state index in [1.165, 1.54) is 11.0 Å². The molecule has 0 bridgehead atoms.